The summed E-state index contributed by atoms with van der Waals surface area (Å²) in [4.78, 5) is 0. The van der Waals surface area contributed by atoms with E-state index in [1.165, 1.54) is 0 Å². The largest absolute Gasteiger partial charge is 0.366 e. The molecule has 1 aromatic carbocycles. The Morgan fingerprint density at radius 2 is 2.12 bits per heavy atom. The molecule has 0 radical (unpaired) electrons. The van der Waals surface area contributed by atoms with Gasteiger partial charge in [-0.2, -0.15) is 5.10 Å². The summed E-state index contributed by atoms with van der Waals surface area (Å²) in [5.41, 5.74) is 3.35. The van der Waals surface area contributed by atoms with Crippen molar-refractivity contribution in [3.8, 4) is 11.3 Å². The summed E-state index contributed by atoms with van der Waals surface area (Å²) in [6.07, 6.45) is 0. The number of aromatic nitrogens is 2. The molecule has 2 aromatic rings. The summed E-state index contributed by atoms with van der Waals surface area (Å²) in [5, 5.41) is 10.7. The van der Waals surface area contributed by atoms with Crippen molar-refractivity contribution in [1.29, 1.82) is 0 Å². The Balaban J connectivity index is 2.37. The van der Waals surface area contributed by atoms with Gasteiger partial charge in [-0.1, -0.05) is 28.1 Å². The Hall–Kier alpha value is -1.29. The molecular weight excluding hydrogens is 278 g/mol. The van der Waals surface area contributed by atoms with Crippen LogP contribution < -0.4 is 5.32 Å². The smallest absolute Gasteiger partial charge is 0.151 e. The van der Waals surface area contributed by atoms with E-state index in [4.69, 9.17) is 0 Å². The standard InChI is InChI=1S/C13H16BrN3/c1-8(2)15-13-9(3)12(16-17-13)10-5-4-6-11(14)7-10/h4-8H,1-3H3,(H2,15,16,17). The van der Waals surface area contributed by atoms with E-state index in [0.29, 0.717) is 6.04 Å². The highest BCUT2D eigenvalue weighted by molar-refractivity contribution is 9.10. The van der Waals surface area contributed by atoms with Crippen LogP contribution in [0, 0.1) is 6.92 Å². The molecule has 0 aliphatic carbocycles. The molecular formula is C13H16BrN3. The van der Waals surface area contributed by atoms with Crippen LogP contribution in [0.2, 0.25) is 0 Å². The zero-order valence-electron chi connectivity index (χ0n) is 10.2. The van der Waals surface area contributed by atoms with Crippen molar-refractivity contribution >= 4 is 21.7 Å². The highest BCUT2D eigenvalue weighted by Crippen LogP contribution is 2.27. The third-order valence-corrected chi connectivity index (χ3v) is 3.04. The van der Waals surface area contributed by atoms with Crippen LogP contribution in [0.25, 0.3) is 11.3 Å². The van der Waals surface area contributed by atoms with Gasteiger partial charge in [0, 0.05) is 21.6 Å². The van der Waals surface area contributed by atoms with Crippen LogP contribution >= 0.6 is 15.9 Å². The number of benzene rings is 1. The maximum Gasteiger partial charge on any atom is 0.151 e. The number of H-pyrrole nitrogens is 1. The van der Waals surface area contributed by atoms with Crippen LogP contribution in [0.1, 0.15) is 19.4 Å². The second-order valence-electron chi connectivity index (χ2n) is 4.38. The maximum atomic E-state index is 4.31. The normalized spacial score (nSPS) is 10.9. The van der Waals surface area contributed by atoms with Gasteiger partial charge in [0.1, 0.15) is 0 Å². The molecule has 0 aliphatic heterocycles. The Morgan fingerprint density at radius 1 is 1.35 bits per heavy atom. The van der Waals surface area contributed by atoms with Gasteiger partial charge in [-0.15, -0.1) is 0 Å². The van der Waals surface area contributed by atoms with Gasteiger partial charge in [0.25, 0.3) is 0 Å². The first kappa shape index (κ1) is 12.2. The van der Waals surface area contributed by atoms with Gasteiger partial charge in [-0.3, -0.25) is 5.10 Å². The summed E-state index contributed by atoms with van der Waals surface area (Å²) in [6.45, 7) is 6.28. The third kappa shape index (κ3) is 2.69. The molecule has 0 atom stereocenters. The molecule has 3 nitrogen and oxygen atoms in total. The monoisotopic (exact) mass is 293 g/mol. The first-order valence-corrected chi connectivity index (χ1v) is 6.44. The number of aromatic amines is 1. The number of rotatable bonds is 3. The van der Waals surface area contributed by atoms with Crippen molar-refractivity contribution in [2.75, 3.05) is 5.32 Å². The molecule has 0 bridgehead atoms. The second kappa shape index (κ2) is 4.92. The van der Waals surface area contributed by atoms with E-state index in [1.807, 2.05) is 12.1 Å². The molecule has 0 aliphatic rings. The molecule has 4 heteroatoms. The van der Waals surface area contributed by atoms with Crippen molar-refractivity contribution < 1.29 is 0 Å². The van der Waals surface area contributed by atoms with Crippen molar-refractivity contribution in [2.24, 2.45) is 0 Å². The van der Waals surface area contributed by atoms with Crippen molar-refractivity contribution in [2.45, 2.75) is 26.8 Å². The van der Waals surface area contributed by atoms with E-state index in [-0.39, 0.29) is 0 Å². The summed E-state index contributed by atoms with van der Waals surface area (Å²) in [7, 11) is 0. The van der Waals surface area contributed by atoms with E-state index in [1.54, 1.807) is 0 Å². The lowest BCUT2D eigenvalue weighted by atomic mass is 10.1. The average molecular weight is 294 g/mol. The van der Waals surface area contributed by atoms with Gasteiger partial charge in [-0.25, -0.2) is 0 Å². The average Bonchev–Trinajstić information content (AvgIpc) is 2.60. The topological polar surface area (TPSA) is 40.7 Å². The first-order chi connectivity index (χ1) is 8.08. The van der Waals surface area contributed by atoms with Crippen LogP contribution in [0.15, 0.2) is 28.7 Å². The number of halogens is 1. The van der Waals surface area contributed by atoms with Crippen LogP contribution in [0.5, 0.6) is 0 Å². The lowest BCUT2D eigenvalue weighted by molar-refractivity contribution is 0.882. The van der Waals surface area contributed by atoms with Crippen molar-refractivity contribution in [1.82, 2.24) is 10.2 Å². The molecule has 0 saturated carbocycles. The molecule has 0 spiro atoms. The number of nitrogens with zero attached hydrogens (tertiary/aromatic N) is 1. The Labute approximate surface area is 110 Å². The molecule has 0 saturated heterocycles. The highest BCUT2D eigenvalue weighted by atomic mass is 79.9. The highest BCUT2D eigenvalue weighted by Gasteiger charge is 2.11. The van der Waals surface area contributed by atoms with Crippen molar-refractivity contribution in [3.05, 3.63) is 34.3 Å². The third-order valence-electron chi connectivity index (χ3n) is 2.55. The zero-order valence-corrected chi connectivity index (χ0v) is 11.8. The zero-order chi connectivity index (χ0) is 12.4. The van der Waals surface area contributed by atoms with Crippen LogP contribution in [-0.2, 0) is 0 Å². The van der Waals surface area contributed by atoms with Crippen LogP contribution in [0.4, 0.5) is 5.82 Å². The Bertz CT molecular complexity index is 517. The summed E-state index contributed by atoms with van der Waals surface area (Å²) >= 11 is 3.48. The quantitative estimate of drug-likeness (QED) is 0.899. The molecule has 2 rings (SSSR count). The Kier molecular flexibility index (Phi) is 3.52. The number of hydrogen-bond acceptors (Lipinski definition) is 2. The van der Waals surface area contributed by atoms with Gasteiger partial charge in [0.05, 0.1) is 5.69 Å². The van der Waals surface area contributed by atoms with E-state index >= 15 is 0 Å². The molecule has 1 aromatic heterocycles. The van der Waals surface area contributed by atoms with E-state index in [9.17, 15) is 0 Å². The lowest BCUT2D eigenvalue weighted by Gasteiger charge is -2.07. The van der Waals surface area contributed by atoms with E-state index in [2.05, 4.69) is 64.3 Å². The van der Waals surface area contributed by atoms with Gasteiger partial charge in [0.15, 0.2) is 5.82 Å². The molecule has 1 heterocycles. The minimum atomic E-state index is 0.382. The number of nitrogens with one attached hydrogen (secondary N) is 2. The SMILES string of the molecule is Cc1c(NC(C)C)n[nH]c1-c1cccc(Br)c1. The predicted molar refractivity (Wildman–Crippen MR) is 75.2 cm³/mol. The van der Waals surface area contributed by atoms with Gasteiger partial charge < -0.3 is 5.32 Å². The fraction of sp³-hybridized carbons (Fsp3) is 0.308. The summed E-state index contributed by atoms with van der Waals surface area (Å²) in [6, 6.07) is 8.58. The predicted octanol–water partition coefficient (Wildman–Crippen LogP) is 3.97. The molecule has 90 valence electrons. The first-order valence-electron chi connectivity index (χ1n) is 5.65. The molecule has 2 N–H and O–H groups in total. The van der Waals surface area contributed by atoms with E-state index < -0.39 is 0 Å². The molecule has 0 fully saturated rings. The fourth-order valence-electron chi connectivity index (χ4n) is 1.74. The van der Waals surface area contributed by atoms with Crippen LogP contribution in [0.3, 0.4) is 0 Å². The molecule has 0 unspecified atom stereocenters. The van der Waals surface area contributed by atoms with E-state index in [0.717, 1.165) is 27.1 Å². The summed E-state index contributed by atoms with van der Waals surface area (Å²) in [5.74, 6) is 0.926. The van der Waals surface area contributed by atoms with Crippen LogP contribution in [-0.4, -0.2) is 16.2 Å². The number of anilines is 1. The van der Waals surface area contributed by atoms with Gasteiger partial charge >= 0.3 is 0 Å². The summed E-state index contributed by atoms with van der Waals surface area (Å²) < 4.78 is 1.07. The molecule has 0 amide bonds. The maximum absolute atomic E-state index is 4.31. The molecule has 17 heavy (non-hydrogen) atoms. The van der Waals surface area contributed by atoms with Crippen molar-refractivity contribution in [3.63, 3.8) is 0 Å². The fourth-order valence-corrected chi connectivity index (χ4v) is 2.14. The minimum absolute atomic E-state index is 0.382. The minimum Gasteiger partial charge on any atom is -0.366 e. The Morgan fingerprint density at radius 3 is 2.76 bits per heavy atom. The second-order valence-corrected chi connectivity index (χ2v) is 5.30. The van der Waals surface area contributed by atoms with Gasteiger partial charge in [0.2, 0.25) is 0 Å². The lowest BCUT2D eigenvalue weighted by Crippen LogP contribution is -2.10. The number of hydrogen-bond donors (Lipinski definition) is 2. The van der Waals surface area contributed by atoms with Gasteiger partial charge in [-0.05, 0) is 32.9 Å².